The van der Waals surface area contributed by atoms with Gasteiger partial charge in [-0.2, -0.15) is 5.10 Å². The van der Waals surface area contributed by atoms with Gasteiger partial charge in [0.1, 0.15) is 11.4 Å². The van der Waals surface area contributed by atoms with Gasteiger partial charge in [0.05, 0.1) is 12.0 Å². The van der Waals surface area contributed by atoms with Crippen molar-refractivity contribution in [2.45, 2.75) is 19.8 Å². The number of carbonyl (C=O) groups excluding carboxylic acids is 1. The van der Waals surface area contributed by atoms with E-state index < -0.39 is 0 Å². The van der Waals surface area contributed by atoms with Crippen molar-refractivity contribution < 1.29 is 9.53 Å². The van der Waals surface area contributed by atoms with Crippen molar-refractivity contribution in [1.29, 1.82) is 0 Å². The normalized spacial score (nSPS) is 16.1. The van der Waals surface area contributed by atoms with Crippen LogP contribution in [0.25, 0.3) is 22.3 Å². The highest BCUT2D eigenvalue weighted by atomic mass is 16.5. The van der Waals surface area contributed by atoms with E-state index in [9.17, 15) is 4.79 Å². The van der Waals surface area contributed by atoms with Crippen molar-refractivity contribution in [2.24, 2.45) is 5.41 Å². The minimum atomic E-state index is -0.112. The molecule has 1 fully saturated rings. The third-order valence-electron chi connectivity index (χ3n) is 5.46. The Morgan fingerprint density at radius 3 is 2.68 bits per heavy atom. The molecule has 1 aliphatic rings. The molecule has 7 heteroatoms. The van der Waals surface area contributed by atoms with E-state index in [1.807, 2.05) is 18.2 Å². The molecule has 1 amide bonds. The van der Waals surface area contributed by atoms with E-state index in [2.05, 4.69) is 32.7 Å². The van der Waals surface area contributed by atoms with Gasteiger partial charge in [-0.25, -0.2) is 4.98 Å². The fourth-order valence-corrected chi connectivity index (χ4v) is 3.60. The number of pyridine rings is 1. The first-order valence-corrected chi connectivity index (χ1v) is 9.59. The lowest BCUT2D eigenvalue weighted by Crippen LogP contribution is -2.38. The summed E-state index contributed by atoms with van der Waals surface area (Å²) in [6, 6.07) is 9.27. The molecule has 2 aromatic heterocycles. The van der Waals surface area contributed by atoms with E-state index in [-0.39, 0.29) is 11.3 Å². The maximum atomic E-state index is 11.8. The van der Waals surface area contributed by atoms with Crippen molar-refractivity contribution in [3.8, 4) is 17.0 Å². The molecule has 0 unspecified atom stereocenters. The molecular weight excluding hydrogens is 354 g/mol. The Hall–Kier alpha value is -2.93. The second-order valence-corrected chi connectivity index (χ2v) is 7.61. The zero-order valence-corrected chi connectivity index (χ0v) is 16.2. The average molecular weight is 379 g/mol. The number of fused-ring (bicyclic) bond motifs is 1. The maximum Gasteiger partial charge on any atom is 0.251 e. The van der Waals surface area contributed by atoms with Crippen LogP contribution in [0.4, 0.5) is 0 Å². The Morgan fingerprint density at radius 1 is 1.21 bits per heavy atom. The summed E-state index contributed by atoms with van der Waals surface area (Å²) in [6.45, 7) is 4.99. The van der Waals surface area contributed by atoms with Crippen LogP contribution in [-0.4, -0.2) is 47.8 Å². The van der Waals surface area contributed by atoms with Crippen molar-refractivity contribution >= 4 is 16.9 Å². The summed E-state index contributed by atoms with van der Waals surface area (Å²) in [5.74, 6) is 0.670. The SMILES string of the molecule is CNC(=O)c1ccc(-c2n[nH]c3nccc(OCC4(C)CCNCC4)c23)cc1. The standard InChI is InChI=1S/C21H25N5O2/c1-21(8-11-23-12-9-21)13-28-16-7-10-24-19-17(16)18(25-26-19)14-3-5-15(6-4-14)20(27)22-2/h3-7,10,23H,8-9,11-13H2,1-2H3,(H,22,27)(H,24,25,26). The number of nitrogens with zero attached hydrogens (tertiary/aromatic N) is 2. The average Bonchev–Trinajstić information content (AvgIpc) is 3.17. The first-order chi connectivity index (χ1) is 13.6. The number of nitrogens with one attached hydrogen (secondary N) is 3. The molecule has 3 N–H and O–H groups in total. The van der Waals surface area contributed by atoms with Gasteiger partial charge in [-0.1, -0.05) is 19.1 Å². The lowest BCUT2D eigenvalue weighted by molar-refractivity contribution is 0.0963. The van der Waals surface area contributed by atoms with Crippen molar-refractivity contribution in [3.05, 3.63) is 42.1 Å². The first-order valence-electron chi connectivity index (χ1n) is 9.59. The molecule has 1 aromatic carbocycles. The summed E-state index contributed by atoms with van der Waals surface area (Å²) < 4.78 is 6.27. The van der Waals surface area contributed by atoms with Crippen molar-refractivity contribution in [1.82, 2.24) is 25.8 Å². The van der Waals surface area contributed by atoms with Crippen LogP contribution in [0.3, 0.4) is 0 Å². The summed E-state index contributed by atoms with van der Waals surface area (Å²) in [6.07, 6.45) is 3.93. The van der Waals surface area contributed by atoms with E-state index in [1.54, 1.807) is 25.4 Å². The van der Waals surface area contributed by atoms with E-state index in [4.69, 9.17) is 4.74 Å². The number of aromatic nitrogens is 3. The zero-order valence-electron chi connectivity index (χ0n) is 16.2. The third kappa shape index (κ3) is 3.57. The van der Waals surface area contributed by atoms with Crippen LogP contribution in [0.2, 0.25) is 0 Å². The number of hydrogen-bond donors (Lipinski definition) is 3. The topological polar surface area (TPSA) is 91.9 Å². The number of aromatic amines is 1. The number of rotatable bonds is 5. The Bertz CT molecular complexity index is 974. The van der Waals surface area contributed by atoms with Gasteiger partial charge in [0.2, 0.25) is 0 Å². The number of piperidine rings is 1. The van der Waals surface area contributed by atoms with Crippen LogP contribution in [0.15, 0.2) is 36.5 Å². The molecular formula is C21H25N5O2. The fourth-order valence-electron chi connectivity index (χ4n) is 3.60. The first kappa shape index (κ1) is 18.4. The summed E-state index contributed by atoms with van der Waals surface area (Å²) in [5.41, 5.74) is 3.15. The number of carbonyl (C=O) groups is 1. The van der Waals surface area contributed by atoms with Crippen LogP contribution in [0.5, 0.6) is 5.75 Å². The van der Waals surface area contributed by atoms with E-state index in [0.29, 0.717) is 17.8 Å². The number of amides is 1. The van der Waals surface area contributed by atoms with Crippen molar-refractivity contribution in [3.63, 3.8) is 0 Å². The predicted octanol–water partition coefficient (Wildman–Crippen LogP) is 2.75. The monoisotopic (exact) mass is 379 g/mol. The van der Waals surface area contributed by atoms with Crippen LogP contribution in [0.1, 0.15) is 30.1 Å². The predicted molar refractivity (Wildman–Crippen MR) is 108 cm³/mol. The molecule has 0 atom stereocenters. The van der Waals surface area contributed by atoms with Crippen LogP contribution >= 0.6 is 0 Å². The molecule has 0 radical (unpaired) electrons. The van der Waals surface area contributed by atoms with Crippen molar-refractivity contribution in [2.75, 3.05) is 26.7 Å². The minimum Gasteiger partial charge on any atom is -0.492 e. The summed E-state index contributed by atoms with van der Waals surface area (Å²) >= 11 is 0. The fraction of sp³-hybridized carbons (Fsp3) is 0.381. The summed E-state index contributed by atoms with van der Waals surface area (Å²) in [5, 5.41) is 14.3. The lowest BCUT2D eigenvalue weighted by atomic mass is 9.82. The molecule has 3 heterocycles. The van der Waals surface area contributed by atoms with E-state index in [0.717, 1.165) is 48.3 Å². The molecule has 7 nitrogen and oxygen atoms in total. The van der Waals surface area contributed by atoms with Crippen LogP contribution < -0.4 is 15.4 Å². The van der Waals surface area contributed by atoms with Crippen LogP contribution in [0, 0.1) is 5.41 Å². The highest BCUT2D eigenvalue weighted by molar-refractivity contribution is 5.97. The zero-order chi connectivity index (χ0) is 19.6. The molecule has 1 aliphatic heterocycles. The highest BCUT2D eigenvalue weighted by Crippen LogP contribution is 2.35. The van der Waals surface area contributed by atoms with Gasteiger partial charge in [-0.05, 0) is 44.1 Å². The summed E-state index contributed by atoms with van der Waals surface area (Å²) in [4.78, 5) is 16.2. The number of benzene rings is 1. The Balaban J connectivity index is 1.64. The van der Waals surface area contributed by atoms with Gasteiger partial charge in [0.25, 0.3) is 5.91 Å². The van der Waals surface area contributed by atoms with Gasteiger partial charge in [-0.15, -0.1) is 0 Å². The second-order valence-electron chi connectivity index (χ2n) is 7.61. The molecule has 3 aromatic rings. The molecule has 0 saturated carbocycles. The number of H-pyrrole nitrogens is 1. The quantitative estimate of drug-likeness (QED) is 0.634. The van der Waals surface area contributed by atoms with Gasteiger partial charge >= 0.3 is 0 Å². The third-order valence-corrected chi connectivity index (χ3v) is 5.46. The second kappa shape index (κ2) is 7.59. The molecule has 4 rings (SSSR count). The summed E-state index contributed by atoms with van der Waals surface area (Å²) in [7, 11) is 1.62. The van der Waals surface area contributed by atoms with Gasteiger partial charge in [-0.3, -0.25) is 9.89 Å². The molecule has 146 valence electrons. The largest absolute Gasteiger partial charge is 0.492 e. The molecule has 0 bridgehead atoms. The molecule has 1 saturated heterocycles. The minimum absolute atomic E-state index is 0.112. The maximum absolute atomic E-state index is 11.8. The smallest absolute Gasteiger partial charge is 0.251 e. The lowest BCUT2D eigenvalue weighted by Gasteiger charge is -2.33. The Labute approximate surface area is 163 Å². The number of ether oxygens (including phenoxy) is 1. The van der Waals surface area contributed by atoms with Gasteiger partial charge < -0.3 is 15.4 Å². The van der Waals surface area contributed by atoms with Crippen LogP contribution in [-0.2, 0) is 0 Å². The molecule has 0 aliphatic carbocycles. The molecule has 0 spiro atoms. The molecule has 28 heavy (non-hydrogen) atoms. The highest BCUT2D eigenvalue weighted by Gasteiger charge is 2.28. The van der Waals surface area contributed by atoms with E-state index in [1.165, 1.54) is 0 Å². The Kier molecular flexibility index (Phi) is 5.00. The van der Waals surface area contributed by atoms with E-state index >= 15 is 0 Å². The Morgan fingerprint density at radius 2 is 1.96 bits per heavy atom. The van der Waals surface area contributed by atoms with Gasteiger partial charge in [0, 0.05) is 29.8 Å². The number of hydrogen-bond acceptors (Lipinski definition) is 5. The van der Waals surface area contributed by atoms with Gasteiger partial charge in [0.15, 0.2) is 5.65 Å².